The number of fused-ring (bicyclic) bond motifs is 2. The highest BCUT2D eigenvalue weighted by Crippen LogP contribution is 2.45. The molecule has 0 aromatic heterocycles. The van der Waals surface area contributed by atoms with Crippen molar-refractivity contribution in [2.45, 2.75) is 31.7 Å². The Morgan fingerprint density at radius 2 is 1.81 bits per heavy atom. The van der Waals surface area contributed by atoms with Crippen LogP contribution in [0.5, 0.6) is 0 Å². The maximum Gasteiger partial charge on any atom is 0.149 e. The number of halogens is 2. The predicted octanol–water partition coefficient (Wildman–Crippen LogP) is 3.57. The van der Waals surface area contributed by atoms with Crippen LogP contribution in [0.3, 0.4) is 0 Å². The van der Waals surface area contributed by atoms with Crippen molar-refractivity contribution in [2.75, 3.05) is 5.32 Å². The van der Waals surface area contributed by atoms with Gasteiger partial charge >= 0.3 is 0 Å². The van der Waals surface area contributed by atoms with Crippen LogP contribution in [0, 0.1) is 23.5 Å². The second kappa shape index (κ2) is 3.72. The molecule has 2 bridgehead atoms. The molecular weight excluding hydrogens is 208 g/mol. The first-order valence-electron chi connectivity index (χ1n) is 5.94. The molecule has 86 valence electrons. The minimum Gasteiger partial charge on any atom is -0.377 e. The Morgan fingerprint density at radius 1 is 1.06 bits per heavy atom. The molecule has 3 unspecified atom stereocenters. The summed E-state index contributed by atoms with van der Waals surface area (Å²) in [6.07, 6.45) is 4.80. The first-order chi connectivity index (χ1) is 7.74. The number of rotatable bonds is 2. The van der Waals surface area contributed by atoms with Crippen molar-refractivity contribution >= 4 is 5.69 Å². The molecule has 2 aliphatic rings. The third kappa shape index (κ3) is 1.58. The fourth-order valence-electron chi connectivity index (χ4n) is 3.24. The summed E-state index contributed by atoms with van der Waals surface area (Å²) < 4.78 is 26.9. The van der Waals surface area contributed by atoms with Crippen molar-refractivity contribution in [2.24, 2.45) is 11.8 Å². The van der Waals surface area contributed by atoms with E-state index in [4.69, 9.17) is 0 Å². The molecule has 0 radical (unpaired) electrons. The fraction of sp³-hybridized carbons (Fsp3) is 0.538. The minimum atomic E-state index is -0.484. The van der Waals surface area contributed by atoms with Gasteiger partial charge in [0.15, 0.2) is 0 Å². The lowest BCUT2D eigenvalue weighted by Gasteiger charge is -2.24. The molecule has 0 heterocycles. The van der Waals surface area contributed by atoms with Crippen LogP contribution in [0.1, 0.15) is 25.7 Å². The van der Waals surface area contributed by atoms with E-state index in [0.717, 1.165) is 12.3 Å². The Hall–Kier alpha value is -1.12. The molecule has 0 saturated heterocycles. The molecule has 3 atom stereocenters. The Labute approximate surface area is 93.9 Å². The minimum absolute atomic E-state index is 0.0556. The largest absolute Gasteiger partial charge is 0.377 e. The number of benzene rings is 1. The van der Waals surface area contributed by atoms with Crippen molar-refractivity contribution in [3.8, 4) is 0 Å². The molecule has 0 aliphatic heterocycles. The van der Waals surface area contributed by atoms with Crippen LogP contribution in [0.25, 0.3) is 0 Å². The van der Waals surface area contributed by atoms with Gasteiger partial charge in [0, 0.05) is 6.04 Å². The highest BCUT2D eigenvalue weighted by Gasteiger charge is 2.39. The molecule has 0 amide bonds. The summed E-state index contributed by atoms with van der Waals surface area (Å²) in [4.78, 5) is 0. The zero-order chi connectivity index (χ0) is 11.1. The summed E-state index contributed by atoms with van der Waals surface area (Å²) in [5.74, 6) is 0.423. The molecule has 3 heteroatoms. The standard InChI is InChI=1S/C13H15F2N/c14-10-2-1-3-11(15)13(10)16-12-7-8-4-5-9(12)6-8/h1-3,8-9,12,16H,4-7H2. The van der Waals surface area contributed by atoms with Gasteiger partial charge in [-0.15, -0.1) is 0 Å². The average Bonchev–Trinajstić information content (AvgIpc) is 2.85. The smallest absolute Gasteiger partial charge is 0.149 e. The number of hydrogen-bond donors (Lipinski definition) is 1. The van der Waals surface area contributed by atoms with Gasteiger partial charge in [-0.3, -0.25) is 0 Å². The van der Waals surface area contributed by atoms with Gasteiger partial charge < -0.3 is 5.32 Å². The van der Waals surface area contributed by atoms with E-state index in [2.05, 4.69) is 5.32 Å². The Balaban J connectivity index is 1.79. The summed E-state index contributed by atoms with van der Waals surface area (Å²) in [5.41, 5.74) is 0.0556. The van der Waals surface area contributed by atoms with Gasteiger partial charge in [-0.2, -0.15) is 0 Å². The highest BCUT2D eigenvalue weighted by molar-refractivity contribution is 5.47. The number of hydrogen-bond acceptors (Lipinski definition) is 1. The maximum atomic E-state index is 13.4. The molecule has 2 saturated carbocycles. The summed E-state index contributed by atoms with van der Waals surface area (Å²) >= 11 is 0. The van der Waals surface area contributed by atoms with E-state index in [9.17, 15) is 8.78 Å². The van der Waals surface area contributed by atoms with Crippen molar-refractivity contribution in [3.63, 3.8) is 0 Å². The SMILES string of the molecule is Fc1cccc(F)c1NC1CC2CCC1C2. The molecule has 2 aliphatic carbocycles. The van der Waals surface area contributed by atoms with Crippen LogP contribution >= 0.6 is 0 Å². The lowest BCUT2D eigenvalue weighted by Crippen LogP contribution is -2.26. The normalized spacial score (nSPS) is 32.0. The van der Waals surface area contributed by atoms with Gasteiger partial charge in [0.05, 0.1) is 0 Å². The fourth-order valence-corrected chi connectivity index (χ4v) is 3.24. The first-order valence-corrected chi connectivity index (χ1v) is 5.94. The van der Waals surface area contributed by atoms with E-state index in [1.54, 1.807) is 0 Å². The molecule has 1 nitrogen and oxygen atoms in total. The Morgan fingerprint density at radius 3 is 2.38 bits per heavy atom. The van der Waals surface area contributed by atoms with Crippen LogP contribution in [-0.4, -0.2) is 6.04 Å². The lowest BCUT2D eigenvalue weighted by atomic mass is 9.95. The van der Waals surface area contributed by atoms with Gasteiger partial charge in [-0.1, -0.05) is 12.5 Å². The van der Waals surface area contributed by atoms with E-state index in [0.29, 0.717) is 5.92 Å². The molecule has 1 N–H and O–H groups in total. The third-order valence-corrected chi connectivity index (χ3v) is 4.03. The summed E-state index contributed by atoms with van der Waals surface area (Å²) in [6, 6.07) is 4.28. The topological polar surface area (TPSA) is 12.0 Å². The molecule has 16 heavy (non-hydrogen) atoms. The third-order valence-electron chi connectivity index (χ3n) is 4.03. The van der Waals surface area contributed by atoms with Gasteiger partial charge in [-0.05, 0) is 43.2 Å². The van der Waals surface area contributed by atoms with Crippen molar-refractivity contribution in [1.82, 2.24) is 0 Å². The second-order valence-corrected chi connectivity index (χ2v) is 5.02. The van der Waals surface area contributed by atoms with Crippen LogP contribution in [0.2, 0.25) is 0 Å². The van der Waals surface area contributed by atoms with Crippen LogP contribution < -0.4 is 5.32 Å². The monoisotopic (exact) mass is 223 g/mol. The van der Waals surface area contributed by atoms with Crippen LogP contribution in [-0.2, 0) is 0 Å². The molecule has 0 spiro atoms. The quantitative estimate of drug-likeness (QED) is 0.808. The first kappa shape index (κ1) is 10.1. The molecule has 3 rings (SSSR count). The maximum absolute atomic E-state index is 13.4. The Kier molecular flexibility index (Phi) is 2.34. The summed E-state index contributed by atoms with van der Waals surface area (Å²) in [5, 5.41) is 3.06. The molecule has 2 fully saturated rings. The van der Waals surface area contributed by atoms with Gasteiger partial charge in [-0.25, -0.2) is 8.78 Å². The molecule has 1 aromatic carbocycles. The van der Waals surface area contributed by atoms with E-state index in [-0.39, 0.29) is 11.7 Å². The van der Waals surface area contributed by atoms with E-state index in [1.165, 1.54) is 37.5 Å². The Bertz CT molecular complexity index is 385. The number of nitrogens with one attached hydrogen (secondary N) is 1. The highest BCUT2D eigenvalue weighted by atomic mass is 19.1. The molecular formula is C13H15F2N. The number of anilines is 1. The van der Waals surface area contributed by atoms with Crippen molar-refractivity contribution in [3.05, 3.63) is 29.8 Å². The molecule has 1 aromatic rings. The van der Waals surface area contributed by atoms with E-state index in [1.807, 2.05) is 0 Å². The summed E-state index contributed by atoms with van der Waals surface area (Å²) in [6.45, 7) is 0. The van der Waals surface area contributed by atoms with E-state index >= 15 is 0 Å². The van der Waals surface area contributed by atoms with Gasteiger partial charge in [0.1, 0.15) is 17.3 Å². The summed E-state index contributed by atoms with van der Waals surface area (Å²) in [7, 11) is 0. The predicted molar refractivity (Wildman–Crippen MR) is 59.2 cm³/mol. The zero-order valence-electron chi connectivity index (χ0n) is 9.05. The number of para-hydroxylation sites is 1. The van der Waals surface area contributed by atoms with Gasteiger partial charge in [0.25, 0.3) is 0 Å². The zero-order valence-corrected chi connectivity index (χ0v) is 9.05. The van der Waals surface area contributed by atoms with Crippen LogP contribution in [0.15, 0.2) is 18.2 Å². The lowest BCUT2D eigenvalue weighted by molar-refractivity contribution is 0.435. The van der Waals surface area contributed by atoms with Gasteiger partial charge in [0.2, 0.25) is 0 Å². The average molecular weight is 223 g/mol. The second-order valence-electron chi connectivity index (χ2n) is 5.02. The van der Waals surface area contributed by atoms with Crippen molar-refractivity contribution in [1.29, 1.82) is 0 Å². The van der Waals surface area contributed by atoms with Crippen LogP contribution in [0.4, 0.5) is 14.5 Å². The van der Waals surface area contributed by atoms with Crippen molar-refractivity contribution < 1.29 is 8.78 Å². The van der Waals surface area contributed by atoms with E-state index < -0.39 is 11.6 Å².